The van der Waals surface area contributed by atoms with Crippen LogP contribution in [0.25, 0.3) is 21.5 Å². The van der Waals surface area contributed by atoms with Crippen LogP contribution in [-0.2, 0) is 5.75 Å². The molecular weight excluding hydrogens is 292 g/mol. The average Bonchev–Trinajstić information content (AvgIpc) is 2.53. The largest absolute Gasteiger partial charge is 0.161 e. The summed E-state index contributed by atoms with van der Waals surface area (Å²) in [7, 11) is 0. The molecule has 108 valence electrons. The Balaban J connectivity index is 1.96. The standard InChI is InChI=1S/C19H20S2/c1-2-20-11-12-21-14-19-17-9-5-3-7-15(17)13-16-8-4-6-10-18(16)19/h3-10,13H,2,11-12,14H2,1H3. The molecule has 0 spiro atoms. The fourth-order valence-electron chi connectivity index (χ4n) is 2.70. The first kappa shape index (κ1) is 14.8. The van der Waals surface area contributed by atoms with Gasteiger partial charge in [-0.1, -0.05) is 55.5 Å². The fraction of sp³-hybridized carbons (Fsp3) is 0.263. The summed E-state index contributed by atoms with van der Waals surface area (Å²) in [6.07, 6.45) is 0. The Hall–Kier alpha value is -1.12. The van der Waals surface area contributed by atoms with E-state index in [0.29, 0.717) is 0 Å². The molecule has 0 N–H and O–H groups in total. The van der Waals surface area contributed by atoms with Crippen molar-refractivity contribution in [1.82, 2.24) is 0 Å². The number of benzene rings is 3. The molecule has 0 atom stereocenters. The summed E-state index contributed by atoms with van der Waals surface area (Å²) in [5.74, 6) is 4.81. The highest BCUT2D eigenvalue weighted by Crippen LogP contribution is 2.31. The lowest BCUT2D eigenvalue weighted by molar-refractivity contribution is 1.45. The molecule has 3 aromatic rings. The molecule has 0 saturated carbocycles. The van der Waals surface area contributed by atoms with Crippen molar-refractivity contribution in [3.05, 3.63) is 60.2 Å². The molecule has 3 aromatic carbocycles. The van der Waals surface area contributed by atoms with Gasteiger partial charge in [-0.05, 0) is 38.9 Å². The van der Waals surface area contributed by atoms with Gasteiger partial charge in [-0.2, -0.15) is 23.5 Å². The third-order valence-electron chi connectivity index (χ3n) is 3.71. The van der Waals surface area contributed by atoms with Crippen molar-refractivity contribution in [2.24, 2.45) is 0 Å². The molecule has 0 saturated heterocycles. The van der Waals surface area contributed by atoms with Gasteiger partial charge in [0.15, 0.2) is 0 Å². The van der Waals surface area contributed by atoms with Gasteiger partial charge < -0.3 is 0 Å². The van der Waals surface area contributed by atoms with Crippen LogP contribution in [0.3, 0.4) is 0 Å². The molecule has 0 bridgehead atoms. The fourth-order valence-corrected chi connectivity index (χ4v) is 4.59. The third kappa shape index (κ3) is 3.38. The molecule has 0 aromatic heterocycles. The number of fused-ring (bicyclic) bond motifs is 2. The molecule has 2 heteroatoms. The predicted molar refractivity (Wildman–Crippen MR) is 101 cm³/mol. The van der Waals surface area contributed by atoms with Crippen LogP contribution < -0.4 is 0 Å². The summed E-state index contributed by atoms with van der Waals surface area (Å²) in [5, 5.41) is 5.53. The van der Waals surface area contributed by atoms with E-state index in [4.69, 9.17) is 0 Å². The molecule has 0 nitrogen and oxygen atoms in total. The van der Waals surface area contributed by atoms with Gasteiger partial charge in [-0.25, -0.2) is 0 Å². The zero-order chi connectivity index (χ0) is 14.5. The van der Waals surface area contributed by atoms with Gasteiger partial charge in [0.1, 0.15) is 0 Å². The minimum absolute atomic E-state index is 1.10. The molecule has 0 unspecified atom stereocenters. The van der Waals surface area contributed by atoms with Crippen LogP contribution in [-0.4, -0.2) is 17.3 Å². The lowest BCUT2D eigenvalue weighted by Crippen LogP contribution is -1.91. The Bertz CT molecular complexity index is 680. The van der Waals surface area contributed by atoms with Crippen molar-refractivity contribution in [2.75, 3.05) is 17.3 Å². The van der Waals surface area contributed by atoms with Gasteiger partial charge in [-0.3, -0.25) is 0 Å². The van der Waals surface area contributed by atoms with Crippen LogP contribution in [0.15, 0.2) is 54.6 Å². The van der Waals surface area contributed by atoms with Crippen molar-refractivity contribution in [1.29, 1.82) is 0 Å². The Morgan fingerprint density at radius 3 is 1.95 bits per heavy atom. The molecule has 0 heterocycles. The highest BCUT2D eigenvalue weighted by Gasteiger charge is 2.07. The minimum Gasteiger partial charge on any atom is -0.161 e. The number of rotatable bonds is 6. The van der Waals surface area contributed by atoms with E-state index in [2.05, 4.69) is 73.3 Å². The summed E-state index contributed by atoms with van der Waals surface area (Å²) >= 11 is 4.08. The Morgan fingerprint density at radius 1 is 0.762 bits per heavy atom. The molecule has 0 aliphatic carbocycles. The Morgan fingerprint density at radius 2 is 1.33 bits per heavy atom. The van der Waals surface area contributed by atoms with E-state index in [1.165, 1.54) is 44.4 Å². The summed E-state index contributed by atoms with van der Waals surface area (Å²) in [6.45, 7) is 2.23. The quantitative estimate of drug-likeness (QED) is 0.405. The van der Waals surface area contributed by atoms with Crippen LogP contribution in [0.4, 0.5) is 0 Å². The Labute approximate surface area is 135 Å². The van der Waals surface area contributed by atoms with Crippen LogP contribution in [0.2, 0.25) is 0 Å². The van der Waals surface area contributed by atoms with E-state index in [9.17, 15) is 0 Å². The predicted octanol–water partition coefficient (Wildman–Crippen LogP) is 5.98. The summed E-state index contributed by atoms with van der Waals surface area (Å²) in [4.78, 5) is 0. The second-order valence-corrected chi connectivity index (χ2v) is 7.55. The lowest BCUT2D eigenvalue weighted by Gasteiger charge is -2.11. The molecule has 0 radical (unpaired) electrons. The topological polar surface area (TPSA) is 0 Å². The molecule has 3 rings (SSSR count). The number of hydrogen-bond donors (Lipinski definition) is 0. The SMILES string of the molecule is CCSCCSCc1c2ccccc2cc2ccccc12. The highest BCUT2D eigenvalue weighted by molar-refractivity contribution is 8.02. The monoisotopic (exact) mass is 312 g/mol. The molecule has 0 fully saturated rings. The number of thioether (sulfide) groups is 2. The van der Waals surface area contributed by atoms with Crippen LogP contribution >= 0.6 is 23.5 Å². The first-order valence-electron chi connectivity index (χ1n) is 7.45. The maximum absolute atomic E-state index is 2.31. The van der Waals surface area contributed by atoms with E-state index >= 15 is 0 Å². The molecule has 0 amide bonds. The normalized spacial score (nSPS) is 11.3. The maximum atomic E-state index is 2.31. The van der Waals surface area contributed by atoms with E-state index in [1.807, 2.05) is 11.8 Å². The first-order chi connectivity index (χ1) is 10.4. The van der Waals surface area contributed by atoms with Gasteiger partial charge in [0.05, 0.1) is 0 Å². The van der Waals surface area contributed by atoms with Crippen molar-refractivity contribution in [3.63, 3.8) is 0 Å². The zero-order valence-corrected chi connectivity index (χ0v) is 14.0. The minimum atomic E-state index is 1.10. The first-order valence-corrected chi connectivity index (χ1v) is 9.76. The van der Waals surface area contributed by atoms with E-state index in [0.717, 1.165) is 5.75 Å². The maximum Gasteiger partial charge on any atom is 0.0197 e. The summed E-state index contributed by atoms with van der Waals surface area (Å²) in [6, 6.07) is 19.8. The van der Waals surface area contributed by atoms with Gasteiger partial charge in [-0.15, -0.1) is 0 Å². The van der Waals surface area contributed by atoms with E-state index in [-0.39, 0.29) is 0 Å². The van der Waals surface area contributed by atoms with Gasteiger partial charge in [0, 0.05) is 17.3 Å². The van der Waals surface area contributed by atoms with E-state index in [1.54, 1.807) is 0 Å². The molecule has 21 heavy (non-hydrogen) atoms. The highest BCUT2D eigenvalue weighted by atomic mass is 32.2. The van der Waals surface area contributed by atoms with Crippen molar-refractivity contribution in [3.8, 4) is 0 Å². The summed E-state index contributed by atoms with van der Waals surface area (Å²) < 4.78 is 0. The van der Waals surface area contributed by atoms with Crippen LogP contribution in [0, 0.1) is 0 Å². The van der Waals surface area contributed by atoms with Crippen molar-refractivity contribution < 1.29 is 0 Å². The van der Waals surface area contributed by atoms with Crippen molar-refractivity contribution in [2.45, 2.75) is 12.7 Å². The van der Waals surface area contributed by atoms with Gasteiger partial charge in [0.2, 0.25) is 0 Å². The average molecular weight is 313 g/mol. The molecular formula is C19H20S2. The smallest absolute Gasteiger partial charge is 0.0197 e. The van der Waals surface area contributed by atoms with Gasteiger partial charge >= 0.3 is 0 Å². The second kappa shape index (κ2) is 7.24. The second-order valence-electron chi connectivity index (χ2n) is 5.05. The summed E-state index contributed by atoms with van der Waals surface area (Å²) in [5.41, 5.74) is 1.50. The zero-order valence-electron chi connectivity index (χ0n) is 12.3. The van der Waals surface area contributed by atoms with Gasteiger partial charge in [0.25, 0.3) is 0 Å². The lowest BCUT2D eigenvalue weighted by atomic mass is 9.98. The van der Waals surface area contributed by atoms with Crippen LogP contribution in [0.1, 0.15) is 12.5 Å². The number of hydrogen-bond acceptors (Lipinski definition) is 2. The Kier molecular flexibility index (Phi) is 5.10. The van der Waals surface area contributed by atoms with Crippen LogP contribution in [0.5, 0.6) is 0 Å². The van der Waals surface area contributed by atoms with Crippen molar-refractivity contribution >= 4 is 45.1 Å². The third-order valence-corrected chi connectivity index (χ3v) is 5.85. The molecule has 0 aliphatic heterocycles. The molecule has 0 aliphatic rings. The van der Waals surface area contributed by atoms with E-state index < -0.39 is 0 Å².